The number of hydrogen-bond donors (Lipinski definition) is 1. The van der Waals surface area contributed by atoms with E-state index in [2.05, 4.69) is 25.7 Å². The summed E-state index contributed by atoms with van der Waals surface area (Å²) in [6, 6.07) is 0. The SMILES string of the molecule is CCCCCCC(CCCCC)OC(=O)CCCCCCCN(CCCN)CCCCCCCC(=O)OCCCCC. The van der Waals surface area contributed by atoms with Gasteiger partial charge >= 0.3 is 11.9 Å². The minimum absolute atomic E-state index is 0.0160. The van der Waals surface area contributed by atoms with Gasteiger partial charge in [0.05, 0.1) is 6.61 Å². The fraction of sp³-hybridized carbons (Fsp3) is 0.944. The molecule has 0 aromatic carbocycles. The molecule has 0 aliphatic carbocycles. The topological polar surface area (TPSA) is 81.9 Å². The molecular formula is C36H72N2O4. The Labute approximate surface area is 261 Å². The molecule has 6 heteroatoms. The van der Waals surface area contributed by atoms with Gasteiger partial charge in [0.1, 0.15) is 6.10 Å². The van der Waals surface area contributed by atoms with Crippen LogP contribution in [0.1, 0.15) is 181 Å². The van der Waals surface area contributed by atoms with Gasteiger partial charge in [-0.1, -0.05) is 104 Å². The van der Waals surface area contributed by atoms with Crippen molar-refractivity contribution in [3.63, 3.8) is 0 Å². The molecule has 0 rings (SSSR count). The molecule has 0 saturated heterocycles. The highest BCUT2D eigenvalue weighted by molar-refractivity contribution is 5.69. The minimum atomic E-state index is -0.0291. The maximum Gasteiger partial charge on any atom is 0.306 e. The van der Waals surface area contributed by atoms with Crippen LogP contribution in [0.2, 0.25) is 0 Å². The van der Waals surface area contributed by atoms with Gasteiger partial charge in [-0.05, 0) is 90.4 Å². The molecule has 0 amide bonds. The monoisotopic (exact) mass is 597 g/mol. The van der Waals surface area contributed by atoms with E-state index in [4.69, 9.17) is 15.2 Å². The molecule has 0 radical (unpaired) electrons. The van der Waals surface area contributed by atoms with E-state index >= 15 is 0 Å². The lowest BCUT2D eigenvalue weighted by Gasteiger charge is -2.22. The predicted molar refractivity (Wildman–Crippen MR) is 179 cm³/mol. The van der Waals surface area contributed by atoms with Crippen LogP contribution < -0.4 is 5.73 Å². The number of unbranched alkanes of at least 4 members (excludes halogenated alkanes) is 15. The molecule has 0 bridgehead atoms. The second-order valence-corrected chi connectivity index (χ2v) is 12.4. The average Bonchev–Trinajstić information content (AvgIpc) is 2.98. The van der Waals surface area contributed by atoms with Crippen LogP contribution in [0.25, 0.3) is 0 Å². The normalized spacial score (nSPS) is 12.1. The molecule has 2 N–H and O–H groups in total. The maximum absolute atomic E-state index is 12.5. The Hall–Kier alpha value is -1.14. The molecule has 42 heavy (non-hydrogen) atoms. The first-order chi connectivity index (χ1) is 20.6. The summed E-state index contributed by atoms with van der Waals surface area (Å²) in [7, 11) is 0. The molecule has 6 nitrogen and oxygen atoms in total. The Kier molecular flexibility index (Phi) is 31.9. The van der Waals surface area contributed by atoms with E-state index in [1.807, 2.05) is 0 Å². The Bertz CT molecular complexity index is 587. The first-order valence-electron chi connectivity index (χ1n) is 18.3. The Morgan fingerprint density at radius 3 is 1.60 bits per heavy atom. The van der Waals surface area contributed by atoms with E-state index in [9.17, 15) is 9.59 Å². The van der Waals surface area contributed by atoms with Crippen molar-refractivity contribution < 1.29 is 19.1 Å². The highest BCUT2D eigenvalue weighted by atomic mass is 16.5. The molecule has 0 fully saturated rings. The standard InChI is InChI=1S/C36H72N2O4/c1-4-7-10-18-26-34(25-17-8-5-2)42-36(40)28-20-14-12-16-22-31-38(32-24-29-37)30-21-15-11-13-19-27-35(39)41-33-23-9-6-3/h34H,4-33,37H2,1-3H3. The van der Waals surface area contributed by atoms with E-state index in [0.29, 0.717) is 19.4 Å². The van der Waals surface area contributed by atoms with Crippen molar-refractivity contribution in [2.24, 2.45) is 5.73 Å². The number of carbonyl (C=O) groups is 2. The van der Waals surface area contributed by atoms with Crippen LogP contribution in [0.15, 0.2) is 0 Å². The zero-order valence-electron chi connectivity index (χ0n) is 28.4. The lowest BCUT2D eigenvalue weighted by molar-refractivity contribution is -0.150. The minimum Gasteiger partial charge on any atom is -0.466 e. The van der Waals surface area contributed by atoms with Gasteiger partial charge in [-0.15, -0.1) is 0 Å². The quantitative estimate of drug-likeness (QED) is 0.0600. The molecule has 0 aliphatic heterocycles. The van der Waals surface area contributed by atoms with Crippen LogP contribution in [0.3, 0.4) is 0 Å². The lowest BCUT2D eigenvalue weighted by Crippen LogP contribution is -2.28. The largest absolute Gasteiger partial charge is 0.466 e. The maximum atomic E-state index is 12.5. The van der Waals surface area contributed by atoms with Crippen LogP contribution in [-0.4, -0.2) is 55.7 Å². The van der Waals surface area contributed by atoms with Gasteiger partial charge < -0.3 is 20.1 Å². The van der Waals surface area contributed by atoms with Crippen LogP contribution in [0.5, 0.6) is 0 Å². The molecule has 1 unspecified atom stereocenters. The van der Waals surface area contributed by atoms with Crippen LogP contribution >= 0.6 is 0 Å². The Morgan fingerprint density at radius 2 is 1.00 bits per heavy atom. The third kappa shape index (κ3) is 29.0. The second kappa shape index (κ2) is 32.8. The Morgan fingerprint density at radius 1 is 0.548 bits per heavy atom. The number of hydrogen-bond acceptors (Lipinski definition) is 6. The first kappa shape index (κ1) is 40.9. The summed E-state index contributed by atoms with van der Waals surface area (Å²) in [6.45, 7) is 11.3. The number of carbonyl (C=O) groups excluding carboxylic acids is 2. The summed E-state index contributed by atoms with van der Waals surface area (Å²) >= 11 is 0. The van der Waals surface area contributed by atoms with Crippen molar-refractivity contribution in [2.75, 3.05) is 32.8 Å². The van der Waals surface area contributed by atoms with Gasteiger partial charge in [0.25, 0.3) is 0 Å². The van der Waals surface area contributed by atoms with Crippen LogP contribution in [-0.2, 0) is 19.1 Å². The van der Waals surface area contributed by atoms with E-state index in [0.717, 1.165) is 90.4 Å². The molecule has 0 aliphatic rings. The fourth-order valence-electron chi connectivity index (χ4n) is 5.46. The van der Waals surface area contributed by atoms with E-state index in [-0.39, 0.29) is 18.0 Å². The smallest absolute Gasteiger partial charge is 0.306 e. The van der Waals surface area contributed by atoms with Gasteiger partial charge in [0, 0.05) is 12.8 Å². The molecule has 250 valence electrons. The van der Waals surface area contributed by atoms with E-state index in [1.54, 1.807) is 0 Å². The van der Waals surface area contributed by atoms with Crippen molar-refractivity contribution >= 4 is 11.9 Å². The second-order valence-electron chi connectivity index (χ2n) is 12.4. The summed E-state index contributed by atoms with van der Waals surface area (Å²) in [4.78, 5) is 26.8. The average molecular weight is 597 g/mol. The summed E-state index contributed by atoms with van der Waals surface area (Å²) < 4.78 is 11.2. The van der Waals surface area contributed by atoms with Crippen molar-refractivity contribution in [2.45, 2.75) is 187 Å². The Balaban J connectivity index is 3.94. The van der Waals surface area contributed by atoms with Gasteiger partial charge in [0.15, 0.2) is 0 Å². The highest BCUT2D eigenvalue weighted by Gasteiger charge is 2.14. The third-order valence-corrected chi connectivity index (χ3v) is 8.21. The third-order valence-electron chi connectivity index (χ3n) is 8.21. The van der Waals surface area contributed by atoms with Crippen molar-refractivity contribution in [3.05, 3.63) is 0 Å². The molecule has 0 saturated carbocycles. The zero-order valence-corrected chi connectivity index (χ0v) is 28.4. The van der Waals surface area contributed by atoms with Crippen molar-refractivity contribution in [3.8, 4) is 0 Å². The predicted octanol–water partition coefficient (Wildman–Crippen LogP) is 9.51. The summed E-state index contributed by atoms with van der Waals surface area (Å²) in [5, 5.41) is 0. The van der Waals surface area contributed by atoms with Crippen LogP contribution in [0, 0.1) is 0 Å². The fourth-order valence-corrected chi connectivity index (χ4v) is 5.46. The number of ether oxygens (including phenoxy) is 2. The van der Waals surface area contributed by atoms with Crippen molar-refractivity contribution in [1.82, 2.24) is 4.90 Å². The van der Waals surface area contributed by atoms with Gasteiger partial charge in [-0.3, -0.25) is 9.59 Å². The van der Waals surface area contributed by atoms with Crippen molar-refractivity contribution in [1.29, 1.82) is 0 Å². The summed E-state index contributed by atoms with van der Waals surface area (Å²) in [6.07, 6.45) is 27.6. The molecule has 0 aromatic heterocycles. The molecule has 1 atom stereocenters. The molecule has 0 aromatic rings. The molecule has 0 heterocycles. The molecule has 0 spiro atoms. The van der Waals surface area contributed by atoms with E-state index < -0.39 is 0 Å². The summed E-state index contributed by atoms with van der Waals surface area (Å²) in [5.74, 6) is -0.0131. The molecular weight excluding hydrogens is 524 g/mol. The van der Waals surface area contributed by atoms with E-state index in [1.165, 1.54) is 83.5 Å². The van der Waals surface area contributed by atoms with Gasteiger partial charge in [0.2, 0.25) is 0 Å². The number of nitrogens with two attached hydrogens (primary N) is 1. The zero-order chi connectivity index (χ0) is 30.9. The lowest BCUT2D eigenvalue weighted by atomic mass is 10.0. The van der Waals surface area contributed by atoms with Gasteiger partial charge in [-0.2, -0.15) is 0 Å². The number of esters is 2. The number of rotatable bonds is 33. The summed E-state index contributed by atoms with van der Waals surface area (Å²) in [5.41, 5.74) is 5.78. The van der Waals surface area contributed by atoms with Gasteiger partial charge in [-0.25, -0.2) is 0 Å². The highest BCUT2D eigenvalue weighted by Crippen LogP contribution is 2.17. The first-order valence-corrected chi connectivity index (χ1v) is 18.3. The van der Waals surface area contributed by atoms with Crippen LogP contribution in [0.4, 0.5) is 0 Å². The number of nitrogens with zero attached hydrogens (tertiary/aromatic N) is 1.